The van der Waals surface area contributed by atoms with Gasteiger partial charge in [-0.3, -0.25) is 0 Å². The minimum Gasteiger partial charge on any atom is -0.494 e. The largest absolute Gasteiger partial charge is 0.494 e. The molecule has 0 N–H and O–H groups in total. The molecular formula is C29H39FO4. The van der Waals surface area contributed by atoms with Gasteiger partial charge in [-0.15, -0.1) is 0 Å². The van der Waals surface area contributed by atoms with E-state index in [1.54, 1.807) is 24.3 Å². The Labute approximate surface area is 203 Å². The molecule has 2 aromatic carbocycles. The maximum atomic E-state index is 14.2. The lowest BCUT2D eigenvalue weighted by Gasteiger charge is -2.31. The molecule has 1 fully saturated rings. The molecule has 1 saturated carbocycles. The summed E-state index contributed by atoms with van der Waals surface area (Å²) in [5, 5.41) is 0. The van der Waals surface area contributed by atoms with Gasteiger partial charge in [-0.2, -0.15) is 0 Å². The summed E-state index contributed by atoms with van der Waals surface area (Å²) in [4.78, 5) is 12.4. The highest BCUT2D eigenvalue weighted by Gasteiger charge is 2.23. The third kappa shape index (κ3) is 8.03. The van der Waals surface area contributed by atoms with Crippen molar-refractivity contribution in [3.05, 3.63) is 53.8 Å². The van der Waals surface area contributed by atoms with Crippen LogP contribution in [0.4, 0.5) is 4.39 Å². The zero-order valence-corrected chi connectivity index (χ0v) is 20.7. The van der Waals surface area contributed by atoms with Gasteiger partial charge in [0, 0.05) is 0 Å². The van der Waals surface area contributed by atoms with E-state index in [1.165, 1.54) is 57.1 Å². The molecule has 186 valence electrons. The number of ether oxygens (including phenoxy) is 3. The van der Waals surface area contributed by atoms with Gasteiger partial charge in [0.05, 0.1) is 18.8 Å². The number of benzene rings is 2. The van der Waals surface area contributed by atoms with Crippen LogP contribution < -0.4 is 14.2 Å². The normalized spacial score (nSPS) is 17.9. The Morgan fingerprint density at radius 3 is 2.21 bits per heavy atom. The van der Waals surface area contributed by atoms with Crippen LogP contribution in [-0.4, -0.2) is 19.2 Å². The molecular weight excluding hydrogens is 431 g/mol. The van der Waals surface area contributed by atoms with Crippen molar-refractivity contribution in [3.8, 4) is 17.2 Å². The van der Waals surface area contributed by atoms with E-state index >= 15 is 0 Å². The van der Waals surface area contributed by atoms with Crippen LogP contribution in [-0.2, 0) is 0 Å². The van der Waals surface area contributed by atoms with Gasteiger partial charge in [-0.25, -0.2) is 9.18 Å². The van der Waals surface area contributed by atoms with Crippen molar-refractivity contribution in [2.75, 3.05) is 13.2 Å². The molecule has 34 heavy (non-hydrogen) atoms. The fraction of sp³-hybridized carbons (Fsp3) is 0.552. The molecule has 0 amide bonds. The van der Waals surface area contributed by atoms with E-state index in [2.05, 4.69) is 6.92 Å². The lowest BCUT2D eigenvalue weighted by molar-refractivity contribution is 0.0734. The summed E-state index contributed by atoms with van der Waals surface area (Å²) in [6.45, 7) is 5.47. The molecule has 0 aliphatic heterocycles. The Bertz CT molecular complexity index is 878. The van der Waals surface area contributed by atoms with Crippen molar-refractivity contribution in [2.24, 2.45) is 11.8 Å². The zero-order chi connectivity index (χ0) is 24.2. The van der Waals surface area contributed by atoms with Crippen LogP contribution >= 0.6 is 0 Å². The SMILES string of the molecule is CCCCOc1ccc(C(=O)Oc2ccc(OCCCC3CCCCC3CCC)cc2)cc1F. The van der Waals surface area contributed by atoms with Crippen molar-refractivity contribution in [1.82, 2.24) is 0 Å². The van der Waals surface area contributed by atoms with E-state index in [9.17, 15) is 9.18 Å². The van der Waals surface area contributed by atoms with E-state index < -0.39 is 11.8 Å². The summed E-state index contributed by atoms with van der Waals surface area (Å²) >= 11 is 0. The Hall–Kier alpha value is -2.56. The van der Waals surface area contributed by atoms with Gasteiger partial charge in [0.2, 0.25) is 0 Å². The molecule has 1 aliphatic carbocycles. The van der Waals surface area contributed by atoms with Gasteiger partial charge in [0.25, 0.3) is 0 Å². The van der Waals surface area contributed by atoms with Crippen molar-refractivity contribution in [3.63, 3.8) is 0 Å². The fourth-order valence-corrected chi connectivity index (χ4v) is 4.79. The van der Waals surface area contributed by atoms with Gasteiger partial charge in [0.15, 0.2) is 11.6 Å². The maximum Gasteiger partial charge on any atom is 0.343 e. The zero-order valence-electron chi connectivity index (χ0n) is 20.7. The number of halogens is 1. The Balaban J connectivity index is 1.42. The second-order valence-corrected chi connectivity index (χ2v) is 9.29. The molecule has 1 aliphatic rings. The Morgan fingerprint density at radius 1 is 0.853 bits per heavy atom. The molecule has 2 aromatic rings. The number of carbonyl (C=O) groups is 1. The summed E-state index contributed by atoms with van der Waals surface area (Å²) in [5.74, 6) is 1.87. The summed E-state index contributed by atoms with van der Waals surface area (Å²) in [5.41, 5.74) is 0.143. The monoisotopic (exact) mass is 470 g/mol. The highest BCUT2D eigenvalue weighted by Crippen LogP contribution is 2.36. The van der Waals surface area contributed by atoms with Crippen LogP contribution in [0, 0.1) is 17.7 Å². The Kier molecular flexibility index (Phi) is 10.7. The van der Waals surface area contributed by atoms with Crippen LogP contribution in [0.2, 0.25) is 0 Å². The number of unbranched alkanes of at least 4 members (excludes halogenated alkanes) is 1. The molecule has 0 heterocycles. The van der Waals surface area contributed by atoms with E-state index in [4.69, 9.17) is 14.2 Å². The van der Waals surface area contributed by atoms with Crippen molar-refractivity contribution in [1.29, 1.82) is 0 Å². The summed E-state index contributed by atoms with van der Waals surface area (Å²) in [7, 11) is 0. The molecule has 2 unspecified atom stereocenters. The minimum absolute atomic E-state index is 0.143. The van der Waals surface area contributed by atoms with Crippen LogP contribution in [0.15, 0.2) is 42.5 Å². The van der Waals surface area contributed by atoms with Crippen LogP contribution in [0.3, 0.4) is 0 Å². The van der Waals surface area contributed by atoms with Crippen LogP contribution in [0.1, 0.15) is 88.4 Å². The first-order valence-corrected chi connectivity index (χ1v) is 13.0. The minimum atomic E-state index is -0.609. The topological polar surface area (TPSA) is 44.8 Å². The molecule has 5 heteroatoms. The Morgan fingerprint density at radius 2 is 1.53 bits per heavy atom. The molecule has 0 spiro atoms. The first-order valence-electron chi connectivity index (χ1n) is 13.0. The quantitative estimate of drug-likeness (QED) is 0.169. The predicted octanol–water partition coefficient (Wildman–Crippen LogP) is 7.99. The lowest BCUT2D eigenvalue weighted by atomic mass is 9.75. The molecule has 0 aromatic heterocycles. The van der Waals surface area contributed by atoms with Crippen LogP contribution in [0.25, 0.3) is 0 Å². The van der Waals surface area contributed by atoms with Crippen molar-refractivity contribution < 1.29 is 23.4 Å². The average Bonchev–Trinajstić information content (AvgIpc) is 2.85. The number of carbonyl (C=O) groups excluding carboxylic acids is 1. The number of rotatable bonds is 13. The van der Waals surface area contributed by atoms with E-state index in [0.29, 0.717) is 19.0 Å². The predicted molar refractivity (Wildman–Crippen MR) is 133 cm³/mol. The van der Waals surface area contributed by atoms with Crippen molar-refractivity contribution in [2.45, 2.75) is 78.1 Å². The highest BCUT2D eigenvalue weighted by molar-refractivity contribution is 5.91. The molecule has 4 nitrogen and oxygen atoms in total. The average molecular weight is 471 g/mol. The fourth-order valence-electron chi connectivity index (χ4n) is 4.79. The number of hydrogen-bond acceptors (Lipinski definition) is 4. The smallest absolute Gasteiger partial charge is 0.343 e. The van der Waals surface area contributed by atoms with Crippen molar-refractivity contribution >= 4 is 5.97 Å². The number of hydrogen-bond donors (Lipinski definition) is 0. The third-order valence-corrected chi connectivity index (χ3v) is 6.67. The first-order chi connectivity index (χ1) is 16.6. The van der Waals surface area contributed by atoms with Gasteiger partial charge < -0.3 is 14.2 Å². The standard InChI is InChI=1S/C29H39FO4/c1-3-5-19-33-28-18-13-24(21-27(28)30)29(31)34-26-16-14-25(15-17-26)32-20-8-12-23-11-7-6-10-22(23)9-4-2/h13-18,21-23H,3-12,19-20H2,1-2H3. The maximum absolute atomic E-state index is 14.2. The van der Waals surface area contributed by atoms with Gasteiger partial charge in [-0.05, 0) is 73.6 Å². The summed E-state index contributed by atoms with van der Waals surface area (Å²) in [6, 6.07) is 11.1. The molecule has 0 radical (unpaired) electrons. The van der Waals surface area contributed by atoms with Gasteiger partial charge in [0.1, 0.15) is 11.5 Å². The first kappa shape index (κ1) is 26.1. The van der Waals surface area contributed by atoms with Gasteiger partial charge >= 0.3 is 5.97 Å². The van der Waals surface area contributed by atoms with E-state index in [-0.39, 0.29) is 11.3 Å². The van der Waals surface area contributed by atoms with E-state index in [0.717, 1.165) is 42.9 Å². The second kappa shape index (κ2) is 14.0. The molecule has 0 saturated heterocycles. The third-order valence-electron chi connectivity index (χ3n) is 6.67. The highest BCUT2D eigenvalue weighted by atomic mass is 19.1. The number of esters is 1. The lowest BCUT2D eigenvalue weighted by Crippen LogP contribution is -2.20. The van der Waals surface area contributed by atoms with Gasteiger partial charge in [-0.1, -0.05) is 58.8 Å². The summed E-state index contributed by atoms with van der Waals surface area (Å²) in [6.07, 6.45) is 12.3. The molecule has 2 atom stereocenters. The summed E-state index contributed by atoms with van der Waals surface area (Å²) < 4.78 is 30.9. The van der Waals surface area contributed by atoms with Crippen LogP contribution in [0.5, 0.6) is 17.2 Å². The molecule has 3 rings (SSSR count). The molecule has 0 bridgehead atoms. The van der Waals surface area contributed by atoms with E-state index in [1.807, 2.05) is 6.92 Å². The second-order valence-electron chi connectivity index (χ2n) is 9.29.